The number of carbonyl (C=O) groups excluding carboxylic acids is 2. The number of hydrogen-bond acceptors (Lipinski definition) is 3. The van der Waals surface area contributed by atoms with Gasteiger partial charge in [-0.3, -0.25) is 9.59 Å². The van der Waals surface area contributed by atoms with E-state index in [1.54, 1.807) is 12.0 Å². The molecule has 0 radical (unpaired) electrons. The van der Waals surface area contributed by atoms with E-state index in [1.165, 1.54) is 0 Å². The lowest BCUT2D eigenvalue weighted by Crippen LogP contribution is -2.51. The van der Waals surface area contributed by atoms with E-state index >= 15 is 0 Å². The second kappa shape index (κ2) is 11.4. The molecule has 0 heterocycles. The highest BCUT2D eigenvalue weighted by atomic mass is 16.5. The van der Waals surface area contributed by atoms with Gasteiger partial charge in [0.2, 0.25) is 11.8 Å². The largest absolute Gasteiger partial charge is 0.497 e. The van der Waals surface area contributed by atoms with Crippen molar-refractivity contribution in [2.45, 2.75) is 65.6 Å². The molecule has 0 spiro atoms. The molecule has 162 valence electrons. The maximum absolute atomic E-state index is 13.3. The highest BCUT2D eigenvalue weighted by Crippen LogP contribution is 2.18. The molecule has 0 aliphatic carbocycles. The Morgan fingerprint density at radius 3 is 2.10 bits per heavy atom. The van der Waals surface area contributed by atoms with Crippen LogP contribution < -0.4 is 10.1 Å². The summed E-state index contributed by atoms with van der Waals surface area (Å²) in [6.07, 6.45) is 1.67. The van der Waals surface area contributed by atoms with Gasteiger partial charge >= 0.3 is 0 Å². The van der Waals surface area contributed by atoms with Crippen LogP contribution in [-0.4, -0.2) is 35.9 Å². The summed E-state index contributed by atoms with van der Waals surface area (Å²) < 4.78 is 5.23. The van der Waals surface area contributed by atoms with Crippen molar-refractivity contribution < 1.29 is 14.3 Å². The number of hydrogen-bond donors (Lipinski definition) is 1. The first kappa shape index (κ1) is 23.5. The summed E-state index contributed by atoms with van der Waals surface area (Å²) in [5, 5.41) is 3.04. The molecule has 0 bridgehead atoms. The van der Waals surface area contributed by atoms with Crippen LogP contribution in [0.2, 0.25) is 0 Å². The number of amides is 2. The predicted octanol–water partition coefficient (Wildman–Crippen LogP) is 4.27. The summed E-state index contributed by atoms with van der Waals surface area (Å²) in [6.45, 7) is 8.35. The van der Waals surface area contributed by atoms with E-state index in [1.807, 2.05) is 76.2 Å². The number of aryl methyl sites for hydroxylation is 1. The van der Waals surface area contributed by atoms with Gasteiger partial charge in [0, 0.05) is 12.6 Å². The van der Waals surface area contributed by atoms with Gasteiger partial charge in [0.05, 0.1) is 13.5 Å². The third-order valence-corrected chi connectivity index (χ3v) is 5.37. The summed E-state index contributed by atoms with van der Waals surface area (Å²) in [5.41, 5.74) is 3.06. The molecule has 0 aliphatic heterocycles. The molecule has 0 saturated heterocycles. The zero-order valence-corrected chi connectivity index (χ0v) is 18.8. The third kappa shape index (κ3) is 6.61. The number of ether oxygens (including phenoxy) is 1. The zero-order chi connectivity index (χ0) is 22.1. The van der Waals surface area contributed by atoms with Crippen molar-refractivity contribution in [1.82, 2.24) is 10.2 Å². The van der Waals surface area contributed by atoms with E-state index in [9.17, 15) is 9.59 Å². The van der Waals surface area contributed by atoms with Crippen molar-refractivity contribution in [1.29, 1.82) is 0 Å². The summed E-state index contributed by atoms with van der Waals surface area (Å²) in [5.74, 6) is 0.608. The van der Waals surface area contributed by atoms with Crippen molar-refractivity contribution in [2.75, 3.05) is 7.11 Å². The number of nitrogens with one attached hydrogen (secondary N) is 1. The van der Waals surface area contributed by atoms with Crippen LogP contribution in [0, 0.1) is 6.92 Å². The molecule has 30 heavy (non-hydrogen) atoms. The molecule has 2 amide bonds. The zero-order valence-electron chi connectivity index (χ0n) is 18.8. The first-order valence-corrected chi connectivity index (χ1v) is 10.7. The fourth-order valence-corrected chi connectivity index (χ4v) is 3.27. The van der Waals surface area contributed by atoms with Crippen LogP contribution in [0.25, 0.3) is 0 Å². The lowest BCUT2D eigenvalue weighted by molar-refractivity contribution is -0.141. The number of nitrogens with zero attached hydrogens (tertiary/aromatic N) is 1. The maximum Gasteiger partial charge on any atom is 0.243 e. The lowest BCUT2D eigenvalue weighted by Gasteiger charge is -2.31. The highest BCUT2D eigenvalue weighted by molar-refractivity contribution is 5.88. The maximum atomic E-state index is 13.3. The molecule has 1 N–H and O–H groups in total. The molecular formula is C25H34N2O3. The molecule has 2 rings (SSSR count). The van der Waals surface area contributed by atoms with Crippen molar-refractivity contribution in [2.24, 2.45) is 0 Å². The van der Waals surface area contributed by atoms with Crippen molar-refractivity contribution in [3.63, 3.8) is 0 Å². The molecular weight excluding hydrogens is 376 g/mol. The highest BCUT2D eigenvalue weighted by Gasteiger charge is 2.29. The average molecular weight is 411 g/mol. The Balaban J connectivity index is 2.27. The van der Waals surface area contributed by atoms with Crippen LogP contribution in [0.5, 0.6) is 5.75 Å². The molecule has 5 heteroatoms. The minimum Gasteiger partial charge on any atom is -0.497 e. The predicted molar refractivity (Wildman–Crippen MR) is 120 cm³/mol. The second-order valence-electron chi connectivity index (χ2n) is 7.77. The van der Waals surface area contributed by atoms with Gasteiger partial charge in [-0.05, 0) is 49.9 Å². The minimum atomic E-state index is -0.515. The SMILES string of the molecule is CCC(C)NC(=O)C(CC)N(Cc1ccc(OC)cc1)C(=O)Cc1ccc(C)cc1. The fraction of sp³-hybridized carbons (Fsp3) is 0.440. The van der Waals surface area contributed by atoms with Crippen LogP contribution in [0.3, 0.4) is 0 Å². The number of rotatable bonds is 10. The smallest absolute Gasteiger partial charge is 0.243 e. The molecule has 2 aromatic carbocycles. The van der Waals surface area contributed by atoms with E-state index in [0.29, 0.717) is 13.0 Å². The van der Waals surface area contributed by atoms with Crippen molar-refractivity contribution >= 4 is 11.8 Å². The fourth-order valence-electron chi connectivity index (χ4n) is 3.27. The van der Waals surface area contributed by atoms with Crippen LogP contribution in [0.1, 0.15) is 50.3 Å². The van der Waals surface area contributed by atoms with Gasteiger partial charge in [-0.1, -0.05) is 55.8 Å². The van der Waals surface area contributed by atoms with Crippen LogP contribution in [-0.2, 0) is 22.6 Å². The molecule has 0 aliphatic rings. The van der Waals surface area contributed by atoms with Crippen LogP contribution in [0.4, 0.5) is 0 Å². The number of benzene rings is 2. The molecule has 5 nitrogen and oxygen atoms in total. The lowest BCUT2D eigenvalue weighted by atomic mass is 10.1. The Bertz CT molecular complexity index is 815. The van der Waals surface area contributed by atoms with E-state index in [2.05, 4.69) is 5.32 Å². The number of methoxy groups -OCH3 is 1. The van der Waals surface area contributed by atoms with E-state index in [0.717, 1.165) is 28.9 Å². The topological polar surface area (TPSA) is 58.6 Å². The first-order valence-electron chi connectivity index (χ1n) is 10.7. The summed E-state index contributed by atoms with van der Waals surface area (Å²) in [6, 6.07) is 15.1. The van der Waals surface area contributed by atoms with E-state index in [-0.39, 0.29) is 24.3 Å². The molecule has 0 saturated carbocycles. The monoisotopic (exact) mass is 410 g/mol. The molecule has 0 fully saturated rings. The van der Waals surface area contributed by atoms with E-state index < -0.39 is 6.04 Å². The Hall–Kier alpha value is -2.82. The summed E-state index contributed by atoms with van der Waals surface area (Å²) in [7, 11) is 1.62. The van der Waals surface area contributed by atoms with Gasteiger partial charge in [0.1, 0.15) is 11.8 Å². The standard InChI is InChI=1S/C25H34N2O3/c1-6-19(4)26-25(29)23(7-2)27(17-21-12-14-22(30-5)15-13-21)24(28)16-20-10-8-18(3)9-11-20/h8-15,19,23H,6-7,16-17H2,1-5H3,(H,26,29). The van der Waals surface area contributed by atoms with Gasteiger partial charge in [-0.15, -0.1) is 0 Å². The molecule has 2 atom stereocenters. The van der Waals surface area contributed by atoms with Gasteiger partial charge in [0.25, 0.3) is 0 Å². The average Bonchev–Trinajstić information content (AvgIpc) is 2.75. The summed E-state index contributed by atoms with van der Waals surface area (Å²) >= 11 is 0. The van der Waals surface area contributed by atoms with Crippen molar-refractivity contribution in [3.05, 3.63) is 65.2 Å². The van der Waals surface area contributed by atoms with Crippen LogP contribution in [0.15, 0.2) is 48.5 Å². The molecule has 0 aromatic heterocycles. The van der Waals surface area contributed by atoms with Gasteiger partial charge < -0.3 is 15.0 Å². The Morgan fingerprint density at radius 2 is 1.57 bits per heavy atom. The quantitative estimate of drug-likeness (QED) is 0.636. The molecule has 2 aromatic rings. The van der Waals surface area contributed by atoms with Gasteiger partial charge in [-0.25, -0.2) is 0 Å². The van der Waals surface area contributed by atoms with Gasteiger partial charge in [0.15, 0.2) is 0 Å². The van der Waals surface area contributed by atoms with E-state index in [4.69, 9.17) is 4.74 Å². The Morgan fingerprint density at radius 1 is 0.967 bits per heavy atom. The Labute approximate surface area is 180 Å². The number of carbonyl (C=O) groups is 2. The minimum absolute atomic E-state index is 0.0548. The Kier molecular flexibility index (Phi) is 8.90. The van der Waals surface area contributed by atoms with Crippen LogP contribution >= 0.6 is 0 Å². The second-order valence-corrected chi connectivity index (χ2v) is 7.77. The molecule has 2 unspecified atom stereocenters. The normalized spacial score (nSPS) is 12.7. The first-order chi connectivity index (χ1) is 14.4. The van der Waals surface area contributed by atoms with Gasteiger partial charge in [-0.2, -0.15) is 0 Å². The third-order valence-electron chi connectivity index (χ3n) is 5.37. The summed E-state index contributed by atoms with van der Waals surface area (Å²) in [4.78, 5) is 28.0. The van der Waals surface area contributed by atoms with Crippen molar-refractivity contribution in [3.8, 4) is 5.75 Å².